The quantitative estimate of drug-likeness (QED) is 0.595. The molecule has 2 aliphatic rings. The van der Waals surface area contributed by atoms with Gasteiger partial charge >= 0.3 is 6.09 Å². The van der Waals surface area contributed by atoms with Crippen LogP contribution in [-0.4, -0.2) is 54.9 Å². The van der Waals surface area contributed by atoms with Crippen molar-refractivity contribution in [1.82, 2.24) is 15.2 Å². The molecule has 0 radical (unpaired) electrons. The molecule has 0 unspecified atom stereocenters. The number of halogens is 1. The first kappa shape index (κ1) is 22.3. The molecule has 1 amide bonds. The molecule has 0 spiro atoms. The van der Waals surface area contributed by atoms with Gasteiger partial charge in [0, 0.05) is 30.0 Å². The molecule has 0 bridgehead atoms. The third-order valence-electron chi connectivity index (χ3n) is 6.34. The lowest BCUT2D eigenvalue weighted by Crippen LogP contribution is -2.50. The fraction of sp³-hybridized carbons (Fsp3) is 0.440. The summed E-state index contributed by atoms with van der Waals surface area (Å²) >= 11 is 0. The molecule has 6 nitrogen and oxygen atoms in total. The minimum atomic E-state index is -0.397. The van der Waals surface area contributed by atoms with E-state index in [1.54, 1.807) is 6.08 Å². The molecule has 1 saturated heterocycles. The van der Waals surface area contributed by atoms with E-state index in [0.717, 1.165) is 38.5 Å². The van der Waals surface area contributed by atoms with Crippen molar-refractivity contribution in [3.63, 3.8) is 0 Å². The van der Waals surface area contributed by atoms with E-state index in [9.17, 15) is 9.18 Å². The van der Waals surface area contributed by atoms with Crippen molar-refractivity contribution in [3.05, 3.63) is 72.7 Å². The first-order valence-electron chi connectivity index (χ1n) is 11.1. The van der Waals surface area contributed by atoms with Gasteiger partial charge in [-0.15, -0.1) is 0 Å². The fourth-order valence-corrected chi connectivity index (χ4v) is 4.46. The van der Waals surface area contributed by atoms with Gasteiger partial charge in [-0.3, -0.25) is 0 Å². The number of nitrogens with zero attached hydrogens (tertiary/aromatic N) is 2. The number of amides is 1. The van der Waals surface area contributed by atoms with Crippen LogP contribution in [0.2, 0.25) is 0 Å². The van der Waals surface area contributed by atoms with E-state index in [1.807, 2.05) is 23.1 Å². The lowest BCUT2D eigenvalue weighted by Gasteiger charge is -2.40. The molecule has 32 heavy (non-hydrogen) atoms. The molecule has 2 heterocycles. The SMILES string of the molecule is C=CCOC(=O)N(CC1(COc2ccc(F)cn2)CCNCC1)[C@@H]1C[C@H]1c1ccccc1. The van der Waals surface area contributed by atoms with Crippen molar-refractivity contribution >= 4 is 6.09 Å². The summed E-state index contributed by atoms with van der Waals surface area (Å²) < 4.78 is 24.6. The summed E-state index contributed by atoms with van der Waals surface area (Å²) in [6.07, 6.45) is 5.07. The zero-order valence-electron chi connectivity index (χ0n) is 18.2. The largest absolute Gasteiger partial charge is 0.477 e. The molecule has 2 atom stereocenters. The Kier molecular flexibility index (Phi) is 7.05. The number of aromatic nitrogens is 1. The van der Waals surface area contributed by atoms with E-state index < -0.39 is 5.82 Å². The van der Waals surface area contributed by atoms with Crippen LogP contribution in [0.1, 0.15) is 30.7 Å². The second kappa shape index (κ2) is 10.1. The summed E-state index contributed by atoms with van der Waals surface area (Å²) in [5.41, 5.74) is 1.00. The number of hydrogen-bond donors (Lipinski definition) is 1. The topological polar surface area (TPSA) is 63.7 Å². The van der Waals surface area contributed by atoms with Crippen LogP contribution in [0.4, 0.5) is 9.18 Å². The van der Waals surface area contributed by atoms with Gasteiger partial charge in [0.1, 0.15) is 12.4 Å². The number of rotatable bonds is 9. The van der Waals surface area contributed by atoms with Gasteiger partial charge in [-0.1, -0.05) is 43.0 Å². The maximum absolute atomic E-state index is 13.2. The van der Waals surface area contributed by atoms with Crippen LogP contribution in [0.15, 0.2) is 61.3 Å². The summed E-state index contributed by atoms with van der Waals surface area (Å²) in [6.45, 7) is 6.48. The Labute approximate surface area is 188 Å². The highest BCUT2D eigenvalue weighted by Crippen LogP contribution is 2.46. The zero-order valence-corrected chi connectivity index (χ0v) is 18.2. The van der Waals surface area contributed by atoms with Crippen molar-refractivity contribution in [2.45, 2.75) is 31.2 Å². The predicted molar refractivity (Wildman–Crippen MR) is 120 cm³/mol. The molecule has 170 valence electrons. The molecule has 1 saturated carbocycles. The Bertz CT molecular complexity index is 900. The smallest absolute Gasteiger partial charge is 0.410 e. The average molecular weight is 440 g/mol. The molecule has 4 rings (SSSR count). The van der Waals surface area contributed by atoms with Gasteiger partial charge in [-0.2, -0.15) is 0 Å². The number of benzene rings is 1. The number of hydrogen-bond acceptors (Lipinski definition) is 5. The van der Waals surface area contributed by atoms with Gasteiger partial charge in [0.15, 0.2) is 0 Å². The van der Waals surface area contributed by atoms with Crippen LogP contribution in [0, 0.1) is 11.2 Å². The third kappa shape index (κ3) is 5.46. The highest BCUT2D eigenvalue weighted by atomic mass is 19.1. The molecule has 1 aromatic heterocycles. The lowest BCUT2D eigenvalue weighted by molar-refractivity contribution is 0.0415. The summed E-state index contributed by atoms with van der Waals surface area (Å²) in [5.74, 6) is 0.301. The van der Waals surface area contributed by atoms with E-state index in [1.165, 1.54) is 17.7 Å². The van der Waals surface area contributed by atoms with Crippen LogP contribution in [0.5, 0.6) is 5.88 Å². The van der Waals surface area contributed by atoms with Gasteiger partial charge in [-0.05, 0) is 44.0 Å². The predicted octanol–water partition coefficient (Wildman–Crippen LogP) is 4.15. The number of carbonyl (C=O) groups is 1. The van der Waals surface area contributed by atoms with Gasteiger partial charge < -0.3 is 19.7 Å². The summed E-state index contributed by atoms with van der Waals surface area (Å²) in [5, 5.41) is 3.39. The highest BCUT2D eigenvalue weighted by Gasteiger charge is 2.48. The normalized spacial score (nSPS) is 21.4. The fourth-order valence-electron chi connectivity index (χ4n) is 4.46. The van der Waals surface area contributed by atoms with E-state index in [4.69, 9.17) is 9.47 Å². The third-order valence-corrected chi connectivity index (χ3v) is 6.34. The van der Waals surface area contributed by atoms with Crippen molar-refractivity contribution in [2.75, 3.05) is 32.8 Å². The van der Waals surface area contributed by atoms with E-state index >= 15 is 0 Å². The zero-order chi connectivity index (χ0) is 22.4. The molecule has 7 heteroatoms. The van der Waals surface area contributed by atoms with Crippen LogP contribution >= 0.6 is 0 Å². The van der Waals surface area contributed by atoms with Crippen molar-refractivity contribution in [2.24, 2.45) is 5.41 Å². The Morgan fingerprint density at radius 3 is 2.72 bits per heavy atom. The molecule has 1 N–H and O–H groups in total. The number of nitrogens with one attached hydrogen (secondary N) is 1. The van der Waals surface area contributed by atoms with Crippen LogP contribution in [0.25, 0.3) is 0 Å². The number of carbonyl (C=O) groups excluding carboxylic acids is 1. The Balaban J connectivity index is 1.51. The van der Waals surface area contributed by atoms with Crippen LogP contribution in [0.3, 0.4) is 0 Å². The maximum atomic E-state index is 13.2. The number of pyridine rings is 1. The summed E-state index contributed by atoms with van der Waals surface area (Å²) in [4.78, 5) is 18.9. The van der Waals surface area contributed by atoms with E-state index in [2.05, 4.69) is 29.0 Å². The highest BCUT2D eigenvalue weighted by molar-refractivity contribution is 5.69. The standard InChI is InChI=1S/C25H30FN3O3/c1-2-14-31-24(30)29(22-15-21(22)19-6-4-3-5-7-19)17-25(10-12-27-13-11-25)18-32-23-9-8-20(26)16-28-23/h2-9,16,21-22,27H,1,10-15,17-18H2/t21-,22+/m0/s1. The summed E-state index contributed by atoms with van der Waals surface area (Å²) in [6, 6.07) is 13.3. The molecule has 2 aromatic rings. The van der Waals surface area contributed by atoms with Gasteiger partial charge in [0.25, 0.3) is 0 Å². The Hall–Kier alpha value is -2.93. The molecular weight excluding hydrogens is 409 g/mol. The van der Waals surface area contributed by atoms with E-state index in [-0.39, 0.29) is 24.2 Å². The van der Waals surface area contributed by atoms with Crippen molar-refractivity contribution in [3.8, 4) is 5.88 Å². The average Bonchev–Trinajstić information content (AvgIpc) is 3.63. The van der Waals surface area contributed by atoms with Gasteiger partial charge in [0.05, 0.1) is 12.8 Å². The molecular formula is C25H30FN3O3. The second-order valence-corrected chi connectivity index (χ2v) is 8.67. The molecule has 1 aliphatic carbocycles. The first-order valence-corrected chi connectivity index (χ1v) is 11.1. The molecule has 1 aliphatic heterocycles. The number of ether oxygens (including phenoxy) is 2. The van der Waals surface area contributed by atoms with E-state index in [0.29, 0.717) is 24.9 Å². The minimum absolute atomic E-state index is 0.102. The minimum Gasteiger partial charge on any atom is -0.477 e. The summed E-state index contributed by atoms with van der Waals surface area (Å²) in [7, 11) is 0. The second-order valence-electron chi connectivity index (χ2n) is 8.67. The monoisotopic (exact) mass is 439 g/mol. The first-order chi connectivity index (χ1) is 15.6. The van der Waals surface area contributed by atoms with Gasteiger partial charge in [0.2, 0.25) is 5.88 Å². The Morgan fingerprint density at radius 1 is 1.25 bits per heavy atom. The van der Waals surface area contributed by atoms with Crippen molar-refractivity contribution in [1.29, 1.82) is 0 Å². The molecule has 1 aromatic carbocycles. The maximum Gasteiger partial charge on any atom is 0.410 e. The van der Waals surface area contributed by atoms with Crippen LogP contribution in [-0.2, 0) is 4.74 Å². The number of piperidine rings is 1. The lowest BCUT2D eigenvalue weighted by atomic mass is 9.79. The molecule has 2 fully saturated rings. The Morgan fingerprint density at radius 2 is 2.03 bits per heavy atom. The van der Waals surface area contributed by atoms with Gasteiger partial charge in [-0.25, -0.2) is 14.2 Å². The van der Waals surface area contributed by atoms with Crippen molar-refractivity contribution < 1.29 is 18.7 Å². The van der Waals surface area contributed by atoms with Crippen LogP contribution < -0.4 is 10.1 Å².